The quantitative estimate of drug-likeness (QED) is 0.710. The monoisotopic (exact) mass is 414 g/mol. The maximum absolute atomic E-state index is 12.5. The van der Waals surface area contributed by atoms with Crippen molar-refractivity contribution < 1.29 is 14.3 Å². The molecular formula is C21H30N6O3. The second kappa shape index (κ2) is 9.06. The van der Waals surface area contributed by atoms with Crippen LogP contribution in [-0.2, 0) is 0 Å². The minimum absolute atomic E-state index is 0.0454. The Morgan fingerprint density at radius 2 is 1.80 bits per heavy atom. The first-order chi connectivity index (χ1) is 14.3. The van der Waals surface area contributed by atoms with Crippen LogP contribution in [-0.4, -0.2) is 52.5 Å². The number of amides is 4. The van der Waals surface area contributed by atoms with Crippen molar-refractivity contribution in [3.63, 3.8) is 0 Å². The number of nitrogens with one attached hydrogen (secondary N) is 3. The van der Waals surface area contributed by atoms with Crippen molar-refractivity contribution in [2.75, 3.05) is 30.8 Å². The molecule has 4 amide bonds. The lowest BCUT2D eigenvalue weighted by atomic mass is 10.1. The molecule has 1 aromatic carbocycles. The van der Waals surface area contributed by atoms with Gasteiger partial charge in [-0.15, -0.1) is 0 Å². The third kappa shape index (κ3) is 5.43. The van der Waals surface area contributed by atoms with E-state index in [9.17, 15) is 9.59 Å². The highest BCUT2D eigenvalue weighted by atomic mass is 16.5. The van der Waals surface area contributed by atoms with Crippen molar-refractivity contribution in [3.05, 3.63) is 36.5 Å². The zero-order valence-corrected chi connectivity index (χ0v) is 17.9. The minimum Gasteiger partial charge on any atom is -0.495 e. The number of piperidine rings is 1. The number of benzene rings is 1. The van der Waals surface area contributed by atoms with E-state index in [4.69, 9.17) is 4.74 Å². The Kier molecular flexibility index (Phi) is 6.49. The lowest BCUT2D eigenvalue weighted by molar-refractivity contribution is 0.162. The van der Waals surface area contributed by atoms with Gasteiger partial charge in [0.25, 0.3) is 0 Å². The molecule has 1 saturated heterocycles. The van der Waals surface area contributed by atoms with Crippen molar-refractivity contribution >= 4 is 23.6 Å². The Morgan fingerprint density at radius 3 is 2.47 bits per heavy atom. The molecule has 9 heteroatoms. The summed E-state index contributed by atoms with van der Waals surface area (Å²) in [5, 5.41) is 13.0. The summed E-state index contributed by atoms with van der Waals surface area (Å²) in [5.74, 6) is 1.20. The van der Waals surface area contributed by atoms with E-state index in [-0.39, 0.29) is 23.6 Å². The van der Waals surface area contributed by atoms with E-state index in [0.717, 1.165) is 12.8 Å². The fraction of sp³-hybridized carbons (Fsp3) is 0.476. The van der Waals surface area contributed by atoms with Gasteiger partial charge in [0.05, 0.1) is 25.0 Å². The average Bonchev–Trinajstić information content (AvgIpc) is 3.15. The van der Waals surface area contributed by atoms with E-state index < -0.39 is 0 Å². The smallest absolute Gasteiger partial charge is 0.324 e. The largest absolute Gasteiger partial charge is 0.495 e. The molecule has 0 radical (unpaired) electrons. The standard InChI is InChI=1S/C21H30N6O3/c1-21(2,3)25-20(29)26-13-10-15(11-14-26)27-18(9-12-22-27)24-19(28)23-16-7-5-6-8-17(16)30-4/h5-9,12,15H,10-11,13-14H2,1-4H3,(H,25,29)(H2,23,24,28). The van der Waals surface area contributed by atoms with Crippen LogP contribution >= 0.6 is 0 Å². The first-order valence-electron chi connectivity index (χ1n) is 10.1. The summed E-state index contributed by atoms with van der Waals surface area (Å²) in [6, 6.07) is 8.68. The molecule has 0 bridgehead atoms. The fourth-order valence-corrected chi connectivity index (χ4v) is 3.44. The fourth-order valence-electron chi connectivity index (χ4n) is 3.44. The maximum Gasteiger partial charge on any atom is 0.324 e. The Bertz CT molecular complexity index is 881. The van der Waals surface area contributed by atoms with Gasteiger partial charge in [-0.25, -0.2) is 14.3 Å². The summed E-state index contributed by atoms with van der Waals surface area (Å²) >= 11 is 0. The number of carbonyl (C=O) groups is 2. The van der Waals surface area contributed by atoms with Crippen LogP contribution in [0.5, 0.6) is 5.75 Å². The molecule has 0 aliphatic carbocycles. The van der Waals surface area contributed by atoms with Crippen LogP contribution in [0, 0.1) is 0 Å². The summed E-state index contributed by atoms with van der Waals surface area (Å²) in [6.07, 6.45) is 3.20. The van der Waals surface area contributed by atoms with E-state index in [1.165, 1.54) is 0 Å². The van der Waals surface area contributed by atoms with Gasteiger partial charge in [0.2, 0.25) is 0 Å². The predicted octanol–water partition coefficient (Wildman–Crippen LogP) is 3.68. The van der Waals surface area contributed by atoms with E-state index in [1.54, 1.807) is 31.5 Å². The predicted molar refractivity (Wildman–Crippen MR) is 116 cm³/mol. The molecule has 3 rings (SSSR count). The van der Waals surface area contributed by atoms with Crippen molar-refractivity contribution in [3.8, 4) is 5.75 Å². The second-order valence-corrected chi connectivity index (χ2v) is 8.34. The summed E-state index contributed by atoms with van der Waals surface area (Å²) in [5.41, 5.74) is 0.323. The topological polar surface area (TPSA) is 101 Å². The SMILES string of the molecule is COc1ccccc1NC(=O)Nc1ccnn1C1CCN(C(=O)NC(C)(C)C)CC1. The highest BCUT2D eigenvalue weighted by Crippen LogP contribution is 2.26. The van der Waals surface area contributed by atoms with Gasteiger partial charge in [0.1, 0.15) is 11.6 Å². The molecule has 2 aromatic rings. The molecule has 0 spiro atoms. The van der Waals surface area contributed by atoms with Gasteiger partial charge in [-0.05, 0) is 45.7 Å². The van der Waals surface area contributed by atoms with Gasteiger partial charge < -0.3 is 20.3 Å². The Balaban J connectivity index is 1.58. The van der Waals surface area contributed by atoms with Gasteiger partial charge in [-0.1, -0.05) is 12.1 Å². The number of urea groups is 2. The van der Waals surface area contributed by atoms with Crippen LogP contribution in [0.3, 0.4) is 0 Å². The zero-order valence-electron chi connectivity index (χ0n) is 17.9. The van der Waals surface area contributed by atoms with Crippen LogP contribution < -0.4 is 20.7 Å². The molecule has 1 aromatic heterocycles. The molecule has 9 nitrogen and oxygen atoms in total. The highest BCUT2D eigenvalue weighted by Gasteiger charge is 2.27. The third-order valence-corrected chi connectivity index (χ3v) is 4.85. The van der Waals surface area contributed by atoms with Crippen LogP contribution in [0.15, 0.2) is 36.5 Å². The number of methoxy groups -OCH3 is 1. The lowest BCUT2D eigenvalue weighted by Gasteiger charge is -2.34. The number of anilines is 2. The minimum atomic E-state index is -0.372. The Morgan fingerprint density at radius 1 is 1.10 bits per heavy atom. The Hall–Kier alpha value is -3.23. The molecule has 3 N–H and O–H groups in total. The summed E-state index contributed by atoms with van der Waals surface area (Å²) < 4.78 is 7.08. The average molecular weight is 415 g/mol. The maximum atomic E-state index is 12.5. The zero-order chi connectivity index (χ0) is 21.7. The molecule has 0 saturated carbocycles. The van der Waals surface area contributed by atoms with Crippen molar-refractivity contribution in [1.82, 2.24) is 20.0 Å². The third-order valence-electron chi connectivity index (χ3n) is 4.85. The van der Waals surface area contributed by atoms with Gasteiger partial charge >= 0.3 is 12.1 Å². The van der Waals surface area contributed by atoms with E-state index in [0.29, 0.717) is 30.3 Å². The van der Waals surface area contributed by atoms with Crippen molar-refractivity contribution in [2.45, 2.75) is 45.2 Å². The molecule has 0 unspecified atom stereocenters. The van der Waals surface area contributed by atoms with Crippen LogP contribution in [0.2, 0.25) is 0 Å². The lowest BCUT2D eigenvalue weighted by Crippen LogP contribution is -2.50. The number of hydrogen-bond acceptors (Lipinski definition) is 4. The number of para-hydroxylation sites is 2. The number of hydrogen-bond donors (Lipinski definition) is 3. The molecule has 1 fully saturated rings. The highest BCUT2D eigenvalue weighted by molar-refractivity contribution is 6.00. The van der Waals surface area contributed by atoms with E-state index >= 15 is 0 Å². The van der Waals surface area contributed by atoms with E-state index in [1.807, 2.05) is 42.5 Å². The first kappa shape index (κ1) is 21.5. The Labute approximate surface area is 176 Å². The van der Waals surface area contributed by atoms with Crippen LogP contribution in [0.25, 0.3) is 0 Å². The molecule has 162 valence electrons. The number of likely N-dealkylation sites (tertiary alicyclic amines) is 1. The van der Waals surface area contributed by atoms with E-state index in [2.05, 4.69) is 21.0 Å². The van der Waals surface area contributed by atoms with Gasteiger partial charge in [0, 0.05) is 24.7 Å². The van der Waals surface area contributed by atoms with Crippen LogP contribution in [0.4, 0.5) is 21.1 Å². The van der Waals surface area contributed by atoms with Gasteiger partial charge in [0.15, 0.2) is 0 Å². The molecular weight excluding hydrogens is 384 g/mol. The second-order valence-electron chi connectivity index (χ2n) is 8.34. The number of nitrogens with zero attached hydrogens (tertiary/aromatic N) is 3. The normalized spacial score (nSPS) is 14.9. The van der Waals surface area contributed by atoms with Gasteiger partial charge in [-0.3, -0.25) is 5.32 Å². The summed E-state index contributed by atoms with van der Waals surface area (Å²) in [6.45, 7) is 7.18. The number of rotatable bonds is 4. The summed E-state index contributed by atoms with van der Waals surface area (Å²) in [7, 11) is 1.56. The number of ether oxygens (including phenoxy) is 1. The molecule has 2 heterocycles. The summed E-state index contributed by atoms with van der Waals surface area (Å²) in [4.78, 5) is 26.7. The molecule has 1 aliphatic rings. The molecule has 0 atom stereocenters. The number of carbonyl (C=O) groups excluding carboxylic acids is 2. The van der Waals surface area contributed by atoms with Crippen molar-refractivity contribution in [1.29, 1.82) is 0 Å². The molecule has 1 aliphatic heterocycles. The first-order valence-corrected chi connectivity index (χ1v) is 10.1. The molecule has 30 heavy (non-hydrogen) atoms. The van der Waals surface area contributed by atoms with Crippen LogP contribution in [0.1, 0.15) is 39.7 Å². The van der Waals surface area contributed by atoms with Crippen molar-refractivity contribution in [2.24, 2.45) is 0 Å². The van der Waals surface area contributed by atoms with Gasteiger partial charge in [-0.2, -0.15) is 5.10 Å². The number of aromatic nitrogens is 2.